The molecule has 71 valence electrons. The Morgan fingerprint density at radius 1 is 1.58 bits per heavy atom. The van der Waals surface area contributed by atoms with Crippen LogP contribution >= 0.6 is 34.8 Å². The number of halogens is 3. The second-order valence-electron chi connectivity index (χ2n) is 2.12. The molecule has 0 aromatic rings. The van der Waals surface area contributed by atoms with E-state index in [0.717, 1.165) is 4.90 Å². The zero-order valence-corrected chi connectivity index (χ0v) is 9.12. The highest BCUT2D eigenvalue weighted by molar-refractivity contribution is 6.51. The number of carbonyl (C=O) groups excluding carboxylic acids is 1. The number of amides is 2. The van der Waals surface area contributed by atoms with Gasteiger partial charge in [0.05, 0.1) is 5.88 Å². The van der Waals surface area contributed by atoms with Crippen molar-refractivity contribution in [1.82, 2.24) is 10.2 Å². The number of nitrogens with zero attached hydrogens (tertiary/aromatic N) is 2. The Morgan fingerprint density at radius 3 is 2.42 bits per heavy atom. The fourth-order valence-electron chi connectivity index (χ4n) is 0.471. The fourth-order valence-corrected chi connectivity index (χ4v) is 0.795. The minimum absolute atomic E-state index is 0.0580. The third kappa shape index (κ3) is 3.25. The molecule has 0 aliphatic rings. The van der Waals surface area contributed by atoms with Crippen LogP contribution in [-0.2, 0) is 0 Å². The molecule has 0 aliphatic carbocycles. The third-order valence-corrected chi connectivity index (χ3v) is 2.67. The SMILES string of the molecule is CC[N]C(=O)N(C)C(Cl)(Cl)CCl. The van der Waals surface area contributed by atoms with Crippen LogP contribution in [0.3, 0.4) is 0 Å². The van der Waals surface area contributed by atoms with Crippen molar-refractivity contribution in [2.24, 2.45) is 0 Å². The maximum absolute atomic E-state index is 11.1. The number of hydrogen-bond donors (Lipinski definition) is 0. The van der Waals surface area contributed by atoms with Crippen molar-refractivity contribution >= 4 is 40.8 Å². The van der Waals surface area contributed by atoms with Gasteiger partial charge in [0.25, 0.3) is 0 Å². The summed E-state index contributed by atoms with van der Waals surface area (Å²) in [5.74, 6) is -0.0580. The van der Waals surface area contributed by atoms with E-state index in [9.17, 15) is 4.79 Å². The zero-order valence-electron chi connectivity index (χ0n) is 6.85. The molecule has 0 rings (SSSR count). The summed E-state index contributed by atoms with van der Waals surface area (Å²) in [5, 5.41) is 3.60. The average molecular weight is 233 g/mol. The van der Waals surface area contributed by atoms with Crippen LogP contribution in [0.1, 0.15) is 6.92 Å². The van der Waals surface area contributed by atoms with Crippen LogP contribution in [0, 0.1) is 0 Å². The average Bonchev–Trinajstić information content (AvgIpc) is 2.03. The minimum Gasteiger partial charge on any atom is -0.293 e. The predicted octanol–water partition coefficient (Wildman–Crippen LogP) is 2.03. The van der Waals surface area contributed by atoms with Crippen molar-refractivity contribution in [2.45, 2.75) is 11.4 Å². The van der Waals surface area contributed by atoms with Crippen molar-refractivity contribution in [3.05, 3.63) is 0 Å². The summed E-state index contributed by atoms with van der Waals surface area (Å²) in [4.78, 5) is 12.2. The van der Waals surface area contributed by atoms with Crippen LogP contribution in [-0.4, -0.2) is 34.9 Å². The molecule has 0 saturated carbocycles. The molecular formula is C6H10Cl3N2O. The smallest absolute Gasteiger partial charge is 0.293 e. The van der Waals surface area contributed by atoms with Gasteiger partial charge in [0.2, 0.25) is 4.46 Å². The summed E-state index contributed by atoms with van der Waals surface area (Å²) in [7, 11) is 1.45. The molecule has 0 bridgehead atoms. The molecule has 12 heavy (non-hydrogen) atoms. The minimum atomic E-state index is -1.38. The van der Waals surface area contributed by atoms with Gasteiger partial charge in [0.1, 0.15) is 0 Å². The van der Waals surface area contributed by atoms with E-state index < -0.39 is 10.5 Å². The molecule has 0 aromatic carbocycles. The van der Waals surface area contributed by atoms with E-state index in [4.69, 9.17) is 34.8 Å². The maximum Gasteiger partial charge on any atom is 0.341 e. The van der Waals surface area contributed by atoms with Gasteiger partial charge in [-0.3, -0.25) is 4.90 Å². The topological polar surface area (TPSA) is 34.4 Å². The number of carbonyl (C=O) groups is 1. The fraction of sp³-hybridized carbons (Fsp3) is 0.833. The highest BCUT2D eigenvalue weighted by Gasteiger charge is 2.32. The van der Waals surface area contributed by atoms with E-state index in [0.29, 0.717) is 6.54 Å². The Kier molecular flexibility index (Phi) is 5.06. The molecule has 0 unspecified atom stereocenters. The van der Waals surface area contributed by atoms with E-state index in [-0.39, 0.29) is 5.88 Å². The Balaban J connectivity index is 4.17. The molecule has 0 N–H and O–H groups in total. The lowest BCUT2D eigenvalue weighted by atomic mass is 10.6. The van der Waals surface area contributed by atoms with Crippen molar-refractivity contribution in [3.8, 4) is 0 Å². The summed E-state index contributed by atoms with van der Waals surface area (Å²) in [6, 6.07) is -0.469. The summed E-state index contributed by atoms with van der Waals surface area (Å²) in [6.45, 7) is 2.14. The van der Waals surface area contributed by atoms with Gasteiger partial charge in [-0.1, -0.05) is 23.2 Å². The normalized spacial score (nSPS) is 11.1. The number of alkyl halides is 3. The Morgan fingerprint density at radius 2 is 2.08 bits per heavy atom. The number of rotatable bonds is 3. The highest BCUT2D eigenvalue weighted by atomic mass is 35.5. The Labute approximate surface area is 86.9 Å². The lowest BCUT2D eigenvalue weighted by Gasteiger charge is -2.27. The van der Waals surface area contributed by atoms with Gasteiger partial charge in [-0.25, -0.2) is 10.1 Å². The van der Waals surface area contributed by atoms with Crippen LogP contribution in [0.4, 0.5) is 4.79 Å². The first-order chi connectivity index (χ1) is 5.45. The first-order valence-corrected chi connectivity index (χ1v) is 4.63. The molecule has 0 saturated heterocycles. The predicted molar refractivity (Wildman–Crippen MR) is 51.0 cm³/mol. The lowest BCUT2D eigenvalue weighted by Crippen LogP contribution is -2.45. The quantitative estimate of drug-likeness (QED) is 0.542. The van der Waals surface area contributed by atoms with Crippen LogP contribution in [0.2, 0.25) is 0 Å². The maximum atomic E-state index is 11.1. The summed E-state index contributed by atoms with van der Waals surface area (Å²) in [5.41, 5.74) is 0. The molecule has 3 nitrogen and oxygen atoms in total. The number of urea groups is 1. The van der Waals surface area contributed by atoms with Gasteiger partial charge in [-0.2, -0.15) is 0 Å². The molecular weight excluding hydrogens is 222 g/mol. The second-order valence-corrected chi connectivity index (χ2v) is 3.83. The molecule has 0 fully saturated rings. The molecule has 6 heteroatoms. The van der Waals surface area contributed by atoms with Gasteiger partial charge < -0.3 is 0 Å². The van der Waals surface area contributed by atoms with Crippen LogP contribution in [0.25, 0.3) is 0 Å². The van der Waals surface area contributed by atoms with Gasteiger partial charge in [0, 0.05) is 13.6 Å². The van der Waals surface area contributed by atoms with Crippen molar-refractivity contribution in [1.29, 1.82) is 0 Å². The van der Waals surface area contributed by atoms with Gasteiger partial charge >= 0.3 is 6.03 Å². The molecule has 0 heterocycles. The third-order valence-electron chi connectivity index (χ3n) is 1.23. The second kappa shape index (κ2) is 5.00. The van der Waals surface area contributed by atoms with Crippen LogP contribution in [0.15, 0.2) is 0 Å². The van der Waals surface area contributed by atoms with Crippen LogP contribution < -0.4 is 5.32 Å². The molecule has 0 aromatic heterocycles. The first-order valence-electron chi connectivity index (χ1n) is 3.34. The molecule has 0 spiro atoms. The molecule has 1 radical (unpaired) electrons. The monoisotopic (exact) mass is 231 g/mol. The van der Waals surface area contributed by atoms with Gasteiger partial charge in [-0.05, 0) is 6.92 Å². The van der Waals surface area contributed by atoms with Crippen molar-refractivity contribution < 1.29 is 4.79 Å². The Hall–Kier alpha value is 0.140. The Bertz CT molecular complexity index is 163. The zero-order chi connectivity index (χ0) is 9.78. The van der Waals surface area contributed by atoms with Gasteiger partial charge in [-0.15, -0.1) is 11.6 Å². The van der Waals surface area contributed by atoms with Crippen molar-refractivity contribution in [3.63, 3.8) is 0 Å². The van der Waals surface area contributed by atoms with Gasteiger partial charge in [0.15, 0.2) is 0 Å². The largest absolute Gasteiger partial charge is 0.341 e. The van der Waals surface area contributed by atoms with Crippen molar-refractivity contribution in [2.75, 3.05) is 19.5 Å². The van der Waals surface area contributed by atoms with Crippen LogP contribution in [0.5, 0.6) is 0 Å². The highest BCUT2D eigenvalue weighted by Crippen LogP contribution is 2.26. The standard InChI is InChI=1S/C6H10Cl3N2O/c1-3-10-5(12)11(2)6(8,9)4-7/h3-4H2,1-2H3. The van der Waals surface area contributed by atoms with E-state index in [2.05, 4.69) is 5.32 Å². The van der Waals surface area contributed by atoms with E-state index in [1.54, 1.807) is 6.92 Å². The molecule has 0 atom stereocenters. The lowest BCUT2D eigenvalue weighted by molar-refractivity contribution is 0.201. The summed E-state index contributed by atoms with van der Waals surface area (Å²) in [6.07, 6.45) is 0. The van der Waals surface area contributed by atoms with E-state index in [1.807, 2.05) is 0 Å². The molecule has 2 amide bonds. The van der Waals surface area contributed by atoms with E-state index >= 15 is 0 Å². The summed E-state index contributed by atoms with van der Waals surface area (Å²) >= 11 is 16.8. The summed E-state index contributed by atoms with van der Waals surface area (Å²) < 4.78 is -1.38. The van der Waals surface area contributed by atoms with E-state index in [1.165, 1.54) is 7.05 Å². The first kappa shape index (κ1) is 12.1. The molecule has 0 aliphatic heterocycles. The number of hydrogen-bond acceptors (Lipinski definition) is 1.